The number of hydrogen-bond acceptors (Lipinski definition) is 3. The van der Waals surface area contributed by atoms with Gasteiger partial charge in [-0.05, 0) is 32.9 Å². The van der Waals surface area contributed by atoms with Crippen molar-refractivity contribution in [3.8, 4) is 0 Å². The van der Waals surface area contributed by atoms with E-state index in [4.69, 9.17) is 5.32 Å². The van der Waals surface area contributed by atoms with Crippen LogP contribution in [0, 0.1) is 0 Å². The maximum absolute atomic E-state index is 13.8. The van der Waals surface area contributed by atoms with Crippen molar-refractivity contribution in [1.29, 1.82) is 0 Å². The third-order valence-electron chi connectivity index (χ3n) is 7.50. The van der Waals surface area contributed by atoms with Gasteiger partial charge in [0.1, 0.15) is 0 Å². The second-order valence-corrected chi connectivity index (χ2v) is 15.2. The van der Waals surface area contributed by atoms with Crippen LogP contribution in [0.25, 0.3) is 5.32 Å². The summed E-state index contributed by atoms with van der Waals surface area (Å²) in [7, 11) is 1.01. The Kier molecular flexibility index (Phi) is 15.8. The van der Waals surface area contributed by atoms with E-state index < -0.39 is 8.32 Å². The molecule has 232 valence electrons. The van der Waals surface area contributed by atoms with E-state index in [0.29, 0.717) is 11.8 Å². The fourth-order valence-corrected chi connectivity index (χ4v) is 8.13. The number of para-hydroxylation sites is 1. The smallest absolute Gasteiger partial charge is 0.848 e. The van der Waals surface area contributed by atoms with Crippen molar-refractivity contribution in [3.05, 3.63) is 137 Å². The van der Waals surface area contributed by atoms with E-state index in [1.54, 1.807) is 0 Å². The third-order valence-corrected chi connectivity index (χ3v) is 10.9. The summed E-state index contributed by atoms with van der Waals surface area (Å²) < 4.78 is 0. The second kappa shape index (κ2) is 18.7. The molecule has 0 saturated heterocycles. The van der Waals surface area contributed by atoms with Crippen LogP contribution >= 0.6 is 0 Å². The van der Waals surface area contributed by atoms with Gasteiger partial charge in [0.15, 0.2) is 0 Å². The van der Waals surface area contributed by atoms with Crippen molar-refractivity contribution in [3.63, 3.8) is 0 Å². The van der Waals surface area contributed by atoms with Crippen LogP contribution < -0.4 is 20.4 Å². The first-order chi connectivity index (χ1) is 21.0. The van der Waals surface area contributed by atoms with E-state index in [1.165, 1.54) is 11.1 Å². The Labute approximate surface area is 286 Å². The van der Waals surface area contributed by atoms with E-state index in [-0.39, 0.29) is 19.5 Å². The maximum Gasteiger partial charge on any atom is 2.00 e. The number of benzene rings is 4. The summed E-state index contributed by atoms with van der Waals surface area (Å²) in [5.41, 5.74) is 5.81. The number of aliphatic imine (C=N–C) groups is 1. The molecule has 4 aromatic rings. The van der Waals surface area contributed by atoms with Crippen molar-refractivity contribution >= 4 is 35.3 Å². The molecule has 4 rings (SSSR count). The number of nitrogens with zero attached hydrogens (tertiary/aromatic N) is 3. The Morgan fingerprint density at radius 3 is 1.47 bits per heavy atom. The van der Waals surface area contributed by atoms with Gasteiger partial charge in [-0.3, -0.25) is 4.99 Å². The molecule has 0 amide bonds. The monoisotopic (exact) mass is 667 g/mol. The molecule has 4 aromatic carbocycles. The number of allylic oxidation sites excluding steroid dienone is 2. The van der Waals surface area contributed by atoms with Gasteiger partial charge < -0.3 is 15.0 Å². The Hall–Kier alpha value is -3.15. The average molecular weight is 669 g/mol. The van der Waals surface area contributed by atoms with Crippen molar-refractivity contribution in [2.24, 2.45) is 4.99 Å². The van der Waals surface area contributed by atoms with Gasteiger partial charge in [-0.25, -0.2) is 0 Å². The van der Waals surface area contributed by atoms with E-state index in [9.17, 15) is 4.80 Å². The molecule has 0 heterocycles. The Morgan fingerprint density at radius 1 is 0.711 bits per heavy atom. The van der Waals surface area contributed by atoms with Crippen LogP contribution in [-0.4, -0.2) is 46.1 Å². The summed E-state index contributed by atoms with van der Waals surface area (Å²) in [6, 6.07) is 35.8. The van der Waals surface area contributed by atoms with Crippen molar-refractivity contribution in [1.82, 2.24) is 4.90 Å². The molecule has 6 heteroatoms. The molecule has 0 aliphatic rings. The summed E-state index contributed by atoms with van der Waals surface area (Å²) >= 11 is 0. The minimum atomic E-state index is -3.13. The van der Waals surface area contributed by atoms with Gasteiger partial charge in [0.25, 0.3) is 0 Å². The number of hydrogen-bond donors (Lipinski definition) is 0. The fraction of sp³-hybridized carbons (Fsp3) is 0.308. The second-order valence-electron chi connectivity index (χ2n) is 12.1. The van der Waals surface area contributed by atoms with Crippen LogP contribution in [0.5, 0.6) is 0 Å². The third kappa shape index (κ3) is 11.0. The van der Waals surface area contributed by atoms with E-state index in [2.05, 4.69) is 82.9 Å². The first kappa shape index (κ1) is 38.0. The average Bonchev–Trinajstić information content (AvgIpc) is 3.02. The SMILES string of the molecule is CC(/C=C(/C)[N-]c1c(C(C)C)cccc1C(C)C)=NCCN(C)C.[O-][Si](c1ccccc1)(c1ccccc1)c1ccccc1.[Zn+2]. The topological polar surface area (TPSA) is 52.8 Å². The summed E-state index contributed by atoms with van der Waals surface area (Å²) in [6.45, 7) is 14.8. The predicted molar refractivity (Wildman–Crippen MR) is 192 cm³/mol. The van der Waals surface area contributed by atoms with E-state index in [1.807, 2.05) is 97.9 Å². The minimum Gasteiger partial charge on any atom is -0.848 e. The molecule has 0 atom stereocenters. The van der Waals surface area contributed by atoms with Gasteiger partial charge in [0.2, 0.25) is 0 Å². The zero-order valence-electron chi connectivity index (χ0n) is 28.5. The Bertz CT molecular complexity index is 1360. The zero-order valence-corrected chi connectivity index (χ0v) is 32.5. The molecule has 0 unspecified atom stereocenters. The molecule has 0 bridgehead atoms. The predicted octanol–water partition coefficient (Wildman–Crippen LogP) is 6.88. The van der Waals surface area contributed by atoms with Gasteiger partial charge in [-0.1, -0.05) is 177 Å². The van der Waals surface area contributed by atoms with E-state index in [0.717, 1.165) is 45.7 Å². The van der Waals surface area contributed by atoms with Gasteiger partial charge in [0.05, 0.1) is 14.9 Å². The summed E-state index contributed by atoms with van der Waals surface area (Å²) in [5.74, 6) is 0.926. The van der Waals surface area contributed by atoms with Crippen LogP contribution in [0.3, 0.4) is 0 Å². The molecular weight excluding hydrogens is 620 g/mol. The first-order valence-corrected chi connectivity index (χ1v) is 17.5. The quantitative estimate of drug-likeness (QED) is 0.0995. The van der Waals surface area contributed by atoms with Crippen LogP contribution in [0.1, 0.15) is 64.5 Å². The summed E-state index contributed by atoms with van der Waals surface area (Å²) in [5, 5.41) is 7.66. The summed E-state index contributed by atoms with van der Waals surface area (Å²) in [4.78, 5) is 20.6. The molecule has 0 aromatic heterocycles. The Balaban J connectivity index is 0.000000310. The van der Waals surface area contributed by atoms with Gasteiger partial charge >= 0.3 is 19.5 Å². The molecule has 0 N–H and O–H groups in total. The van der Waals surface area contributed by atoms with Crippen LogP contribution in [-0.2, 0) is 19.5 Å². The van der Waals surface area contributed by atoms with Gasteiger partial charge in [-0.15, -0.1) is 5.69 Å². The number of likely N-dealkylation sites (N-methyl/N-ethyl adjacent to an activating group) is 1. The minimum absolute atomic E-state index is 0. The van der Waals surface area contributed by atoms with Crippen LogP contribution in [0.15, 0.2) is 126 Å². The van der Waals surface area contributed by atoms with Crippen molar-refractivity contribution in [2.45, 2.75) is 53.4 Å². The molecule has 0 aliphatic carbocycles. The van der Waals surface area contributed by atoms with Gasteiger partial charge in [-0.2, -0.15) is 5.70 Å². The molecule has 0 spiro atoms. The van der Waals surface area contributed by atoms with Gasteiger partial charge in [0, 0.05) is 12.3 Å². The molecule has 0 saturated carbocycles. The van der Waals surface area contributed by atoms with Crippen LogP contribution in [0.4, 0.5) is 5.69 Å². The van der Waals surface area contributed by atoms with E-state index >= 15 is 0 Å². The summed E-state index contributed by atoms with van der Waals surface area (Å²) in [6.07, 6.45) is 2.08. The fourth-order valence-electron chi connectivity index (χ4n) is 5.14. The molecule has 0 aliphatic heterocycles. The van der Waals surface area contributed by atoms with Crippen LogP contribution in [0.2, 0.25) is 0 Å². The molecule has 0 radical (unpaired) electrons. The molecule has 4 nitrogen and oxygen atoms in total. The van der Waals surface area contributed by atoms with Crippen molar-refractivity contribution < 1.29 is 24.3 Å². The standard InChI is InChI=1S/C21H34N3.C18H15OSi.Zn/c1-15(2)19-10-9-11-20(16(3)4)21(19)23-18(6)14-17(5)22-12-13-24(7)8;19-20(16-10-4-1-5-11-16,17-12-6-2-7-13-17)18-14-8-3-9-15-18;/h9-11,14-16H,12-13H2,1-8H3;1-15H;/q2*-1;+2/b18-14-,22-17?;;. The maximum atomic E-state index is 13.8. The largest absolute Gasteiger partial charge is 2.00 e. The Morgan fingerprint density at radius 2 is 1.11 bits per heavy atom. The molecular formula is C39H49N3OSiZn. The molecule has 45 heavy (non-hydrogen) atoms. The molecule has 0 fully saturated rings. The zero-order chi connectivity index (χ0) is 32.1. The number of rotatable bonds is 11. The van der Waals surface area contributed by atoms with Crippen molar-refractivity contribution in [2.75, 3.05) is 27.2 Å². The normalized spacial score (nSPS) is 12.1. The first-order valence-electron chi connectivity index (χ1n) is 15.6.